The molecule has 1 aromatic carbocycles. The van der Waals surface area contributed by atoms with Crippen LogP contribution in [0.25, 0.3) is 10.9 Å². The molecule has 1 fully saturated rings. The van der Waals surface area contributed by atoms with Gasteiger partial charge >= 0.3 is 0 Å². The Labute approximate surface area is 101 Å². The Bertz CT molecular complexity index is 580. The summed E-state index contributed by atoms with van der Waals surface area (Å²) in [6.07, 6.45) is 2.23. The van der Waals surface area contributed by atoms with Gasteiger partial charge in [-0.1, -0.05) is 32.0 Å². The molecule has 0 amide bonds. The third-order valence-electron chi connectivity index (χ3n) is 4.08. The second-order valence-corrected chi connectivity index (χ2v) is 5.75. The van der Waals surface area contributed by atoms with E-state index >= 15 is 0 Å². The molecule has 1 aromatic heterocycles. The minimum absolute atomic E-state index is 0.450. The average Bonchev–Trinajstić information content (AvgIpc) is 2.76. The predicted octanol–water partition coefficient (Wildman–Crippen LogP) is 3.50. The lowest BCUT2D eigenvalue weighted by Gasteiger charge is -2.09. The van der Waals surface area contributed by atoms with Crippen LogP contribution >= 0.6 is 0 Å². The fourth-order valence-corrected chi connectivity index (χ4v) is 2.64. The van der Waals surface area contributed by atoms with Crippen LogP contribution < -0.4 is 0 Å². The number of para-hydroxylation sites is 1. The van der Waals surface area contributed by atoms with Crippen LogP contribution in [0.4, 0.5) is 0 Å². The zero-order chi connectivity index (χ0) is 12.0. The molecule has 1 atom stereocenters. The van der Waals surface area contributed by atoms with Gasteiger partial charge in [-0.2, -0.15) is 0 Å². The molecule has 0 radical (unpaired) electrons. The van der Waals surface area contributed by atoms with Crippen molar-refractivity contribution in [2.75, 3.05) is 0 Å². The second-order valence-electron chi connectivity index (χ2n) is 5.75. The lowest BCUT2D eigenvalue weighted by molar-refractivity contribution is 0.111. The van der Waals surface area contributed by atoms with Gasteiger partial charge in [-0.3, -0.25) is 4.79 Å². The summed E-state index contributed by atoms with van der Waals surface area (Å²) in [6, 6.07) is 10.2. The van der Waals surface area contributed by atoms with Gasteiger partial charge in [0, 0.05) is 17.4 Å². The topological polar surface area (TPSA) is 22.0 Å². The van der Waals surface area contributed by atoms with Crippen LogP contribution in [0, 0.1) is 11.3 Å². The normalized spacial score (nSPS) is 21.6. The van der Waals surface area contributed by atoms with E-state index in [-0.39, 0.29) is 0 Å². The van der Waals surface area contributed by atoms with Gasteiger partial charge in [0.05, 0.1) is 5.69 Å². The number of fused-ring (bicyclic) bond motifs is 1. The van der Waals surface area contributed by atoms with Gasteiger partial charge in [-0.05, 0) is 29.9 Å². The molecule has 2 nitrogen and oxygen atoms in total. The second kappa shape index (κ2) is 3.46. The molecule has 1 aliphatic rings. The number of carbonyl (C=O) groups is 1. The molecule has 88 valence electrons. The first-order chi connectivity index (χ1) is 8.12. The van der Waals surface area contributed by atoms with E-state index in [1.165, 1.54) is 11.9 Å². The molecule has 3 rings (SSSR count). The highest BCUT2D eigenvalue weighted by atomic mass is 16.1. The van der Waals surface area contributed by atoms with Crippen molar-refractivity contribution in [1.82, 2.24) is 4.57 Å². The molecule has 0 N–H and O–H groups in total. The number of rotatable bonds is 3. The molecule has 1 heterocycles. The fourth-order valence-electron chi connectivity index (χ4n) is 2.64. The van der Waals surface area contributed by atoms with Crippen molar-refractivity contribution in [2.45, 2.75) is 26.8 Å². The van der Waals surface area contributed by atoms with Crippen molar-refractivity contribution in [3.8, 4) is 0 Å². The predicted molar refractivity (Wildman–Crippen MR) is 69.2 cm³/mol. The largest absolute Gasteiger partial charge is 0.338 e. The molecule has 1 unspecified atom stereocenters. The molecule has 0 spiro atoms. The summed E-state index contributed by atoms with van der Waals surface area (Å²) in [5.41, 5.74) is 2.43. The Balaban J connectivity index is 2.04. The zero-order valence-corrected chi connectivity index (χ0v) is 10.3. The average molecular weight is 227 g/mol. The molecule has 2 aromatic rings. The Kier molecular flexibility index (Phi) is 2.15. The number of benzene rings is 1. The molecule has 0 saturated heterocycles. The first kappa shape index (κ1) is 10.6. The Hall–Kier alpha value is -1.57. The van der Waals surface area contributed by atoms with Crippen LogP contribution in [0.1, 0.15) is 30.8 Å². The number of aromatic nitrogens is 1. The maximum Gasteiger partial charge on any atom is 0.166 e. The van der Waals surface area contributed by atoms with Crippen molar-refractivity contribution in [3.63, 3.8) is 0 Å². The van der Waals surface area contributed by atoms with E-state index in [2.05, 4.69) is 30.5 Å². The van der Waals surface area contributed by atoms with Crippen molar-refractivity contribution in [1.29, 1.82) is 0 Å². The van der Waals surface area contributed by atoms with Gasteiger partial charge in [0.2, 0.25) is 0 Å². The smallest absolute Gasteiger partial charge is 0.166 e. The standard InChI is InChI=1S/C15H17NO/c1-15(2)8-12(15)9-16-13(10-17)7-11-5-3-4-6-14(11)16/h3-7,10,12H,8-9H2,1-2H3. The molecule has 1 aliphatic carbocycles. The van der Waals surface area contributed by atoms with Crippen LogP contribution in [0.2, 0.25) is 0 Å². The number of hydrogen-bond donors (Lipinski definition) is 0. The van der Waals surface area contributed by atoms with Crippen molar-refractivity contribution < 1.29 is 4.79 Å². The minimum atomic E-state index is 0.450. The molecule has 1 saturated carbocycles. The SMILES string of the molecule is CC1(C)CC1Cn1c(C=O)cc2ccccc21. The van der Waals surface area contributed by atoms with E-state index < -0.39 is 0 Å². The van der Waals surface area contributed by atoms with Crippen molar-refractivity contribution in [3.05, 3.63) is 36.0 Å². The summed E-state index contributed by atoms with van der Waals surface area (Å²) in [4.78, 5) is 11.1. The van der Waals surface area contributed by atoms with Crippen LogP contribution in [0.5, 0.6) is 0 Å². The highest BCUT2D eigenvalue weighted by Gasteiger charge is 2.45. The molecule has 17 heavy (non-hydrogen) atoms. The summed E-state index contributed by atoms with van der Waals surface area (Å²) >= 11 is 0. The maximum atomic E-state index is 11.1. The maximum absolute atomic E-state index is 11.1. The summed E-state index contributed by atoms with van der Waals surface area (Å²) in [6.45, 7) is 5.56. The number of carbonyl (C=O) groups excluding carboxylic acids is 1. The first-order valence-electron chi connectivity index (χ1n) is 6.15. The fraction of sp³-hybridized carbons (Fsp3) is 0.400. The zero-order valence-electron chi connectivity index (χ0n) is 10.3. The third-order valence-corrected chi connectivity index (χ3v) is 4.08. The van der Waals surface area contributed by atoms with Crippen molar-refractivity contribution >= 4 is 17.2 Å². The lowest BCUT2D eigenvalue weighted by Crippen LogP contribution is -2.06. The van der Waals surface area contributed by atoms with Gasteiger partial charge in [0.15, 0.2) is 6.29 Å². The molecular weight excluding hydrogens is 210 g/mol. The number of aldehydes is 1. The lowest BCUT2D eigenvalue weighted by atomic mass is 10.1. The van der Waals surface area contributed by atoms with E-state index in [1.807, 2.05) is 18.2 Å². The van der Waals surface area contributed by atoms with Crippen LogP contribution in [0.3, 0.4) is 0 Å². The van der Waals surface area contributed by atoms with Gasteiger partial charge < -0.3 is 4.57 Å². The molecular formula is C15H17NO. The van der Waals surface area contributed by atoms with E-state index in [9.17, 15) is 4.79 Å². The Morgan fingerprint density at radius 2 is 2.12 bits per heavy atom. The Morgan fingerprint density at radius 1 is 1.41 bits per heavy atom. The molecule has 0 aliphatic heterocycles. The van der Waals surface area contributed by atoms with Crippen LogP contribution in [0.15, 0.2) is 30.3 Å². The van der Waals surface area contributed by atoms with E-state index in [4.69, 9.17) is 0 Å². The van der Waals surface area contributed by atoms with Crippen LogP contribution in [-0.4, -0.2) is 10.9 Å². The van der Waals surface area contributed by atoms with E-state index in [0.717, 1.165) is 23.9 Å². The summed E-state index contributed by atoms with van der Waals surface area (Å²) < 4.78 is 2.17. The van der Waals surface area contributed by atoms with Gasteiger partial charge in [-0.25, -0.2) is 0 Å². The monoisotopic (exact) mass is 227 g/mol. The summed E-state index contributed by atoms with van der Waals surface area (Å²) in [5.74, 6) is 0.706. The molecule has 0 bridgehead atoms. The highest BCUT2D eigenvalue weighted by molar-refractivity contribution is 5.88. The summed E-state index contributed by atoms with van der Waals surface area (Å²) in [5, 5.41) is 1.16. The minimum Gasteiger partial charge on any atom is -0.338 e. The van der Waals surface area contributed by atoms with Crippen molar-refractivity contribution in [2.24, 2.45) is 11.3 Å². The first-order valence-corrected chi connectivity index (χ1v) is 6.15. The van der Waals surface area contributed by atoms with Crippen LogP contribution in [-0.2, 0) is 6.54 Å². The van der Waals surface area contributed by atoms with E-state index in [0.29, 0.717) is 11.3 Å². The van der Waals surface area contributed by atoms with E-state index in [1.54, 1.807) is 0 Å². The van der Waals surface area contributed by atoms with Gasteiger partial charge in [0.1, 0.15) is 0 Å². The Morgan fingerprint density at radius 3 is 2.76 bits per heavy atom. The quantitative estimate of drug-likeness (QED) is 0.735. The molecule has 2 heteroatoms. The van der Waals surface area contributed by atoms with Gasteiger partial charge in [-0.15, -0.1) is 0 Å². The highest BCUT2D eigenvalue weighted by Crippen LogP contribution is 2.52. The van der Waals surface area contributed by atoms with Gasteiger partial charge in [0.25, 0.3) is 0 Å². The third kappa shape index (κ3) is 1.68. The number of hydrogen-bond acceptors (Lipinski definition) is 1. The number of nitrogens with zero attached hydrogens (tertiary/aromatic N) is 1. The summed E-state index contributed by atoms with van der Waals surface area (Å²) in [7, 11) is 0.